The van der Waals surface area contributed by atoms with Gasteiger partial charge in [0.25, 0.3) is 4.96 Å². The van der Waals surface area contributed by atoms with E-state index in [1.807, 2.05) is 29.2 Å². The summed E-state index contributed by atoms with van der Waals surface area (Å²) < 4.78 is 8.56. The Kier molecular flexibility index (Phi) is 4.34. The SMILES string of the molecule is O=[N+]([O-])c1c(N2CCC(Oc3cccc(Br)c3)CC2)nc2sccn12. The number of hydrogen-bond donors (Lipinski definition) is 0. The minimum Gasteiger partial charge on any atom is -0.490 e. The van der Waals surface area contributed by atoms with E-state index in [9.17, 15) is 10.1 Å². The van der Waals surface area contributed by atoms with Crippen LogP contribution in [0.1, 0.15) is 12.8 Å². The maximum absolute atomic E-state index is 11.5. The normalized spacial score (nSPS) is 15.6. The molecule has 130 valence electrons. The van der Waals surface area contributed by atoms with Gasteiger partial charge in [0.1, 0.15) is 18.1 Å². The van der Waals surface area contributed by atoms with Crippen molar-refractivity contribution >= 4 is 43.9 Å². The molecule has 0 amide bonds. The number of ether oxygens (including phenoxy) is 1. The number of hydrogen-bond acceptors (Lipinski definition) is 6. The number of aromatic nitrogens is 2. The molecule has 9 heteroatoms. The number of halogens is 1. The number of rotatable bonds is 4. The Bertz CT molecular complexity index is 917. The molecular weight excluding hydrogens is 408 g/mol. The van der Waals surface area contributed by atoms with E-state index in [1.165, 1.54) is 11.3 Å². The van der Waals surface area contributed by atoms with Gasteiger partial charge in [-0.1, -0.05) is 33.3 Å². The maximum atomic E-state index is 11.5. The summed E-state index contributed by atoms with van der Waals surface area (Å²) in [6, 6.07) is 7.78. The second-order valence-corrected chi connectivity index (χ2v) is 7.62. The van der Waals surface area contributed by atoms with Gasteiger partial charge < -0.3 is 19.8 Å². The first kappa shape index (κ1) is 16.3. The molecule has 0 saturated carbocycles. The number of fused-ring (bicyclic) bond motifs is 1. The molecule has 4 rings (SSSR count). The molecule has 0 spiro atoms. The van der Waals surface area contributed by atoms with Crippen molar-refractivity contribution in [3.05, 3.63) is 50.4 Å². The molecule has 25 heavy (non-hydrogen) atoms. The summed E-state index contributed by atoms with van der Waals surface area (Å²) in [6.45, 7) is 1.37. The lowest BCUT2D eigenvalue weighted by molar-refractivity contribution is -0.389. The largest absolute Gasteiger partial charge is 0.490 e. The average molecular weight is 423 g/mol. The molecule has 1 fully saturated rings. The third-order valence-corrected chi connectivity index (χ3v) is 5.48. The van der Waals surface area contributed by atoms with Gasteiger partial charge in [0.15, 0.2) is 0 Å². The van der Waals surface area contributed by atoms with Crippen LogP contribution in [0.5, 0.6) is 5.75 Å². The quantitative estimate of drug-likeness (QED) is 0.467. The van der Waals surface area contributed by atoms with Crippen molar-refractivity contribution in [2.45, 2.75) is 18.9 Å². The molecule has 0 bridgehead atoms. The van der Waals surface area contributed by atoms with E-state index in [-0.39, 0.29) is 16.8 Å². The van der Waals surface area contributed by atoms with Crippen LogP contribution in [0.2, 0.25) is 0 Å². The predicted molar refractivity (Wildman–Crippen MR) is 99.7 cm³/mol. The lowest BCUT2D eigenvalue weighted by atomic mass is 10.1. The van der Waals surface area contributed by atoms with Crippen molar-refractivity contribution in [3.63, 3.8) is 0 Å². The maximum Gasteiger partial charge on any atom is 0.373 e. The van der Waals surface area contributed by atoms with Gasteiger partial charge in [-0.25, -0.2) is 0 Å². The van der Waals surface area contributed by atoms with E-state index in [2.05, 4.69) is 20.9 Å². The average Bonchev–Trinajstić information content (AvgIpc) is 3.16. The zero-order valence-electron chi connectivity index (χ0n) is 13.2. The highest BCUT2D eigenvalue weighted by atomic mass is 79.9. The number of anilines is 1. The highest BCUT2D eigenvalue weighted by Gasteiger charge is 2.31. The van der Waals surface area contributed by atoms with Gasteiger partial charge in [0.2, 0.25) is 5.82 Å². The molecule has 1 aliphatic heterocycles. The fourth-order valence-corrected chi connectivity index (χ4v) is 4.14. The fraction of sp³-hybridized carbons (Fsp3) is 0.312. The second-order valence-electron chi connectivity index (χ2n) is 5.83. The molecule has 0 unspecified atom stereocenters. The van der Waals surface area contributed by atoms with Crippen molar-refractivity contribution in [1.29, 1.82) is 0 Å². The lowest BCUT2D eigenvalue weighted by Crippen LogP contribution is -2.38. The highest BCUT2D eigenvalue weighted by Crippen LogP contribution is 2.33. The predicted octanol–water partition coefficient (Wildman–Crippen LogP) is 4.11. The Hall–Kier alpha value is -2.13. The summed E-state index contributed by atoms with van der Waals surface area (Å²) in [6.07, 6.45) is 3.40. The summed E-state index contributed by atoms with van der Waals surface area (Å²) in [7, 11) is 0. The van der Waals surface area contributed by atoms with E-state index in [0.29, 0.717) is 23.9 Å². The van der Waals surface area contributed by atoms with Gasteiger partial charge in [0.05, 0.1) is 0 Å². The Morgan fingerprint density at radius 2 is 2.16 bits per heavy atom. The highest BCUT2D eigenvalue weighted by molar-refractivity contribution is 9.10. The second kappa shape index (κ2) is 6.64. The van der Waals surface area contributed by atoms with Crippen molar-refractivity contribution < 1.29 is 9.66 Å². The zero-order valence-corrected chi connectivity index (χ0v) is 15.6. The first-order valence-electron chi connectivity index (χ1n) is 7.89. The van der Waals surface area contributed by atoms with E-state index in [1.54, 1.807) is 16.0 Å². The molecular formula is C16H15BrN4O3S. The topological polar surface area (TPSA) is 72.9 Å². The van der Waals surface area contributed by atoms with Crippen LogP contribution < -0.4 is 9.64 Å². The van der Waals surface area contributed by atoms with Crippen LogP contribution in [0.15, 0.2) is 40.3 Å². The van der Waals surface area contributed by atoms with Crippen molar-refractivity contribution in [2.75, 3.05) is 18.0 Å². The van der Waals surface area contributed by atoms with Crippen LogP contribution in [0, 0.1) is 10.1 Å². The van der Waals surface area contributed by atoms with Gasteiger partial charge in [-0.3, -0.25) is 0 Å². The number of piperidine rings is 1. The molecule has 0 radical (unpaired) electrons. The number of thiazole rings is 1. The molecule has 1 saturated heterocycles. The summed E-state index contributed by atoms with van der Waals surface area (Å²) in [5.74, 6) is 1.33. The van der Waals surface area contributed by atoms with Crippen molar-refractivity contribution in [3.8, 4) is 5.75 Å². The molecule has 0 atom stereocenters. The Labute approximate surface area is 156 Å². The monoisotopic (exact) mass is 422 g/mol. The van der Waals surface area contributed by atoms with E-state index in [4.69, 9.17) is 4.74 Å². The van der Waals surface area contributed by atoms with E-state index in [0.717, 1.165) is 23.1 Å². The molecule has 2 aromatic heterocycles. The molecule has 1 aliphatic rings. The van der Waals surface area contributed by atoms with Gasteiger partial charge in [-0.05, 0) is 23.1 Å². The number of imidazole rings is 1. The minimum absolute atomic E-state index is 0.0441. The minimum atomic E-state index is -0.355. The van der Waals surface area contributed by atoms with Crippen LogP contribution in [0.25, 0.3) is 4.96 Å². The fourth-order valence-electron chi connectivity index (χ4n) is 3.06. The summed E-state index contributed by atoms with van der Waals surface area (Å²) in [4.78, 5) is 18.2. The summed E-state index contributed by atoms with van der Waals surface area (Å²) >= 11 is 4.84. The lowest BCUT2D eigenvalue weighted by Gasteiger charge is -2.31. The third-order valence-electron chi connectivity index (χ3n) is 4.23. The Morgan fingerprint density at radius 1 is 1.36 bits per heavy atom. The first-order chi connectivity index (χ1) is 12.1. The third kappa shape index (κ3) is 3.21. The number of nitrogens with zero attached hydrogens (tertiary/aromatic N) is 4. The van der Waals surface area contributed by atoms with Gasteiger partial charge in [0, 0.05) is 35.8 Å². The standard InChI is InChI=1S/C16H15BrN4O3S/c17-11-2-1-3-13(10-11)24-12-4-6-19(7-5-12)14-15(21(22)23)20-8-9-25-16(20)18-14/h1-3,8-10,12H,4-7H2. The number of benzene rings is 1. The van der Waals surface area contributed by atoms with E-state index < -0.39 is 0 Å². The van der Waals surface area contributed by atoms with Crippen LogP contribution in [-0.4, -0.2) is 33.5 Å². The van der Waals surface area contributed by atoms with Crippen LogP contribution in [-0.2, 0) is 0 Å². The van der Waals surface area contributed by atoms with Crippen molar-refractivity contribution in [2.24, 2.45) is 0 Å². The van der Waals surface area contributed by atoms with Gasteiger partial charge in [-0.15, -0.1) is 0 Å². The van der Waals surface area contributed by atoms with Crippen molar-refractivity contribution in [1.82, 2.24) is 9.38 Å². The smallest absolute Gasteiger partial charge is 0.373 e. The van der Waals surface area contributed by atoms with Gasteiger partial charge in [-0.2, -0.15) is 9.38 Å². The first-order valence-corrected chi connectivity index (χ1v) is 9.56. The Morgan fingerprint density at radius 3 is 2.88 bits per heavy atom. The van der Waals surface area contributed by atoms with Crippen LogP contribution in [0.4, 0.5) is 11.6 Å². The summed E-state index contributed by atoms with van der Waals surface area (Å²) in [5.41, 5.74) is 0. The zero-order chi connectivity index (χ0) is 17.4. The Balaban J connectivity index is 1.48. The molecule has 7 nitrogen and oxygen atoms in total. The van der Waals surface area contributed by atoms with Gasteiger partial charge >= 0.3 is 5.82 Å². The number of nitro groups is 1. The molecule has 3 heterocycles. The van der Waals surface area contributed by atoms with Crippen LogP contribution in [0.3, 0.4) is 0 Å². The molecule has 1 aromatic carbocycles. The van der Waals surface area contributed by atoms with Crippen LogP contribution >= 0.6 is 27.3 Å². The molecule has 0 N–H and O–H groups in total. The molecule has 3 aromatic rings. The molecule has 0 aliphatic carbocycles. The van der Waals surface area contributed by atoms with E-state index >= 15 is 0 Å². The summed E-state index contributed by atoms with van der Waals surface area (Å²) in [5, 5.41) is 13.3.